The van der Waals surface area contributed by atoms with Gasteiger partial charge in [0.1, 0.15) is 6.33 Å². The molecule has 0 atom stereocenters. The van der Waals surface area contributed by atoms with E-state index in [1.807, 2.05) is 30.3 Å². The molecule has 0 unspecified atom stereocenters. The first kappa shape index (κ1) is 11.7. The van der Waals surface area contributed by atoms with Gasteiger partial charge in [-0.15, -0.1) is 11.8 Å². The van der Waals surface area contributed by atoms with Crippen molar-refractivity contribution in [1.82, 2.24) is 15.2 Å². The van der Waals surface area contributed by atoms with Crippen LogP contribution in [-0.4, -0.2) is 26.8 Å². The zero-order valence-electron chi connectivity index (χ0n) is 9.09. The average Bonchev–Trinajstić information content (AvgIpc) is 2.83. The summed E-state index contributed by atoms with van der Waals surface area (Å²) < 4.78 is 0. The number of hydrogen-bond donors (Lipinski definition) is 2. The molecule has 0 aliphatic heterocycles. The summed E-state index contributed by atoms with van der Waals surface area (Å²) in [5.41, 5.74) is 1.21. The number of nitrogens with one attached hydrogen (secondary N) is 2. The van der Waals surface area contributed by atoms with Crippen LogP contribution in [0.25, 0.3) is 0 Å². The molecular weight excluding hydrogens is 236 g/mol. The molecule has 1 aromatic heterocycles. The minimum absolute atomic E-state index is 0.0809. The molecule has 0 saturated heterocycles. The summed E-state index contributed by atoms with van der Waals surface area (Å²) in [6.07, 6.45) is 1.35. The van der Waals surface area contributed by atoms with E-state index in [0.29, 0.717) is 11.7 Å². The second-order valence-corrected chi connectivity index (χ2v) is 4.35. The third-order valence-electron chi connectivity index (χ3n) is 2.02. The fraction of sp³-hybridized carbons (Fsp3) is 0.182. The Kier molecular flexibility index (Phi) is 4.15. The Morgan fingerprint density at radius 2 is 2.18 bits per heavy atom. The van der Waals surface area contributed by atoms with Gasteiger partial charge in [-0.25, -0.2) is 5.10 Å². The summed E-state index contributed by atoms with van der Waals surface area (Å²) in [4.78, 5) is 15.3. The van der Waals surface area contributed by atoms with Gasteiger partial charge >= 0.3 is 0 Å². The Morgan fingerprint density at radius 1 is 1.35 bits per heavy atom. The van der Waals surface area contributed by atoms with E-state index in [1.54, 1.807) is 11.8 Å². The minimum Gasteiger partial charge on any atom is -0.294 e. The number of aromatic nitrogens is 3. The molecule has 0 bridgehead atoms. The molecule has 0 saturated carbocycles. The highest BCUT2D eigenvalue weighted by molar-refractivity contribution is 7.99. The number of rotatable bonds is 5. The van der Waals surface area contributed by atoms with E-state index in [-0.39, 0.29) is 5.91 Å². The van der Waals surface area contributed by atoms with E-state index in [4.69, 9.17) is 0 Å². The Hall–Kier alpha value is -1.82. The zero-order chi connectivity index (χ0) is 11.9. The molecule has 1 heterocycles. The van der Waals surface area contributed by atoms with Crippen LogP contribution in [0, 0.1) is 0 Å². The van der Waals surface area contributed by atoms with Crippen LogP contribution < -0.4 is 5.32 Å². The largest absolute Gasteiger partial charge is 0.294 e. The second-order valence-electron chi connectivity index (χ2n) is 3.36. The molecule has 2 aromatic rings. The van der Waals surface area contributed by atoms with Crippen LogP contribution >= 0.6 is 11.8 Å². The molecule has 0 fully saturated rings. The maximum absolute atomic E-state index is 11.5. The van der Waals surface area contributed by atoms with Crippen LogP contribution in [0.2, 0.25) is 0 Å². The van der Waals surface area contributed by atoms with Crippen molar-refractivity contribution in [3.05, 3.63) is 42.2 Å². The van der Waals surface area contributed by atoms with Gasteiger partial charge in [0.05, 0.1) is 5.75 Å². The molecule has 88 valence electrons. The Morgan fingerprint density at radius 3 is 2.88 bits per heavy atom. The molecule has 6 heteroatoms. The molecule has 5 nitrogen and oxygen atoms in total. The minimum atomic E-state index is -0.0809. The third-order valence-corrected chi connectivity index (χ3v) is 3.02. The van der Waals surface area contributed by atoms with Gasteiger partial charge in [-0.2, -0.15) is 10.1 Å². The fourth-order valence-corrected chi connectivity index (χ4v) is 2.06. The van der Waals surface area contributed by atoms with Crippen LogP contribution in [0.1, 0.15) is 5.56 Å². The summed E-state index contributed by atoms with van der Waals surface area (Å²) in [5.74, 6) is 1.53. The van der Waals surface area contributed by atoms with Crippen molar-refractivity contribution >= 4 is 23.6 Å². The number of thioether (sulfide) groups is 1. The summed E-state index contributed by atoms with van der Waals surface area (Å²) in [6, 6.07) is 10.0. The predicted octanol–water partition coefficient (Wildman–Crippen LogP) is 1.68. The van der Waals surface area contributed by atoms with Gasteiger partial charge in [0.2, 0.25) is 11.9 Å². The SMILES string of the molecule is O=C(CSCc1ccccc1)Nc1ncn[nH]1. The van der Waals surface area contributed by atoms with Crippen molar-refractivity contribution in [3.8, 4) is 0 Å². The fourth-order valence-electron chi connectivity index (χ4n) is 1.27. The van der Waals surface area contributed by atoms with Gasteiger partial charge in [-0.3, -0.25) is 10.1 Å². The molecule has 0 radical (unpaired) electrons. The molecule has 0 spiro atoms. The predicted molar refractivity (Wildman–Crippen MR) is 67.6 cm³/mol. The highest BCUT2D eigenvalue weighted by Gasteiger charge is 2.04. The van der Waals surface area contributed by atoms with Crippen LogP contribution in [-0.2, 0) is 10.5 Å². The number of carbonyl (C=O) groups is 1. The summed E-state index contributed by atoms with van der Waals surface area (Å²) in [6.45, 7) is 0. The normalized spacial score (nSPS) is 10.1. The number of carbonyl (C=O) groups excluding carboxylic acids is 1. The van der Waals surface area contributed by atoms with Gasteiger partial charge in [0, 0.05) is 5.75 Å². The zero-order valence-corrected chi connectivity index (χ0v) is 9.91. The quantitative estimate of drug-likeness (QED) is 0.844. The molecular formula is C11H12N4OS. The first-order valence-corrected chi connectivity index (χ1v) is 6.27. The van der Waals surface area contributed by atoms with Gasteiger partial charge in [-0.1, -0.05) is 30.3 Å². The number of nitrogens with zero attached hydrogens (tertiary/aromatic N) is 2. The Labute approximate surface area is 103 Å². The number of hydrogen-bond acceptors (Lipinski definition) is 4. The molecule has 0 aliphatic carbocycles. The lowest BCUT2D eigenvalue weighted by Gasteiger charge is -2.02. The van der Waals surface area contributed by atoms with Crippen molar-refractivity contribution in [2.45, 2.75) is 5.75 Å². The third kappa shape index (κ3) is 3.92. The topological polar surface area (TPSA) is 70.7 Å². The average molecular weight is 248 g/mol. The summed E-state index contributed by atoms with van der Waals surface area (Å²) >= 11 is 1.56. The van der Waals surface area contributed by atoms with Gasteiger partial charge in [-0.05, 0) is 5.56 Å². The van der Waals surface area contributed by atoms with Crippen molar-refractivity contribution in [3.63, 3.8) is 0 Å². The lowest BCUT2D eigenvalue weighted by molar-refractivity contribution is -0.113. The molecule has 2 N–H and O–H groups in total. The van der Waals surface area contributed by atoms with Crippen molar-refractivity contribution in [2.24, 2.45) is 0 Å². The monoisotopic (exact) mass is 248 g/mol. The molecule has 2 rings (SSSR count). The smallest absolute Gasteiger partial charge is 0.236 e. The van der Waals surface area contributed by atoms with E-state index in [1.165, 1.54) is 11.9 Å². The van der Waals surface area contributed by atoms with Crippen molar-refractivity contribution in [1.29, 1.82) is 0 Å². The van der Waals surface area contributed by atoms with E-state index in [9.17, 15) is 4.79 Å². The molecule has 17 heavy (non-hydrogen) atoms. The van der Waals surface area contributed by atoms with E-state index in [2.05, 4.69) is 20.5 Å². The van der Waals surface area contributed by atoms with E-state index in [0.717, 1.165) is 5.75 Å². The van der Waals surface area contributed by atoms with Crippen LogP contribution in [0.5, 0.6) is 0 Å². The highest BCUT2D eigenvalue weighted by Crippen LogP contribution is 2.11. The van der Waals surface area contributed by atoms with Gasteiger partial charge in [0.15, 0.2) is 0 Å². The van der Waals surface area contributed by atoms with Crippen LogP contribution in [0.3, 0.4) is 0 Å². The Bertz CT molecular complexity index is 458. The lowest BCUT2D eigenvalue weighted by atomic mass is 10.2. The summed E-state index contributed by atoms with van der Waals surface area (Å²) in [7, 11) is 0. The van der Waals surface area contributed by atoms with Crippen LogP contribution in [0.15, 0.2) is 36.7 Å². The van der Waals surface area contributed by atoms with Crippen molar-refractivity contribution in [2.75, 3.05) is 11.1 Å². The number of aromatic amines is 1. The van der Waals surface area contributed by atoms with E-state index < -0.39 is 0 Å². The lowest BCUT2D eigenvalue weighted by Crippen LogP contribution is -2.15. The number of benzene rings is 1. The highest BCUT2D eigenvalue weighted by atomic mass is 32.2. The maximum atomic E-state index is 11.5. The van der Waals surface area contributed by atoms with Crippen molar-refractivity contribution < 1.29 is 4.79 Å². The second kappa shape index (κ2) is 6.05. The Balaban J connectivity index is 1.70. The standard InChI is InChI=1S/C11H12N4OS/c16-10(14-11-12-8-13-15-11)7-17-6-9-4-2-1-3-5-9/h1-5,8H,6-7H2,(H2,12,13,14,15,16). The van der Waals surface area contributed by atoms with Gasteiger partial charge < -0.3 is 0 Å². The molecule has 1 aromatic carbocycles. The first-order chi connectivity index (χ1) is 8.34. The summed E-state index contributed by atoms with van der Waals surface area (Å²) in [5, 5.41) is 8.84. The first-order valence-electron chi connectivity index (χ1n) is 5.11. The number of amides is 1. The maximum Gasteiger partial charge on any atom is 0.236 e. The number of anilines is 1. The molecule has 1 amide bonds. The van der Waals surface area contributed by atoms with E-state index >= 15 is 0 Å². The number of H-pyrrole nitrogens is 1. The van der Waals surface area contributed by atoms with Gasteiger partial charge in [0.25, 0.3) is 0 Å². The molecule has 0 aliphatic rings. The van der Waals surface area contributed by atoms with Crippen LogP contribution in [0.4, 0.5) is 5.95 Å².